The minimum absolute atomic E-state index is 0.338. The molecule has 0 aliphatic heterocycles. The molecule has 0 aromatic heterocycles. The van der Waals surface area contributed by atoms with Crippen LogP contribution < -0.4 is 9.47 Å². The van der Waals surface area contributed by atoms with Gasteiger partial charge in [0.25, 0.3) is 0 Å². The first-order valence-corrected chi connectivity index (χ1v) is 14.4. The van der Waals surface area contributed by atoms with Gasteiger partial charge in [0.15, 0.2) is 0 Å². The van der Waals surface area contributed by atoms with E-state index in [1.807, 2.05) is 48.5 Å². The van der Waals surface area contributed by atoms with Crippen molar-refractivity contribution in [2.45, 2.75) is 90.4 Å². The van der Waals surface area contributed by atoms with Gasteiger partial charge in [-0.05, 0) is 67.8 Å². The van der Waals surface area contributed by atoms with Crippen molar-refractivity contribution in [3.8, 4) is 11.5 Å². The summed E-state index contributed by atoms with van der Waals surface area (Å²) in [5.74, 6) is 1.39. The van der Waals surface area contributed by atoms with Crippen LogP contribution in [-0.2, 0) is 9.53 Å². The Hall–Kier alpha value is -3.15. The molecule has 2 rings (SSSR count). The highest BCUT2D eigenvalue weighted by molar-refractivity contribution is 5.81. The van der Waals surface area contributed by atoms with Crippen molar-refractivity contribution in [1.29, 1.82) is 0 Å². The Morgan fingerprint density at radius 3 is 1.45 bits per heavy atom. The molecule has 6 heteroatoms. The zero-order chi connectivity index (χ0) is 27.1. The Labute approximate surface area is 229 Å². The van der Waals surface area contributed by atoms with Crippen LogP contribution in [0, 0.1) is 0 Å². The molecule has 0 radical (unpaired) electrons. The van der Waals surface area contributed by atoms with Crippen LogP contribution in [0.15, 0.2) is 71.4 Å². The van der Waals surface area contributed by atoms with Crippen molar-refractivity contribution in [2.75, 3.05) is 19.8 Å². The predicted molar refractivity (Wildman–Crippen MR) is 155 cm³/mol. The SMILES string of the molecule is C=CC(=O)OCCCCCCCCCOc1ccc(N=Nc2ccc(OCCCCCCCC)cc2)cc1. The lowest BCUT2D eigenvalue weighted by Crippen LogP contribution is -2.01. The number of esters is 1. The van der Waals surface area contributed by atoms with Crippen LogP contribution >= 0.6 is 0 Å². The van der Waals surface area contributed by atoms with Crippen molar-refractivity contribution in [3.63, 3.8) is 0 Å². The summed E-state index contributed by atoms with van der Waals surface area (Å²) < 4.78 is 16.7. The van der Waals surface area contributed by atoms with Crippen LogP contribution in [0.1, 0.15) is 90.4 Å². The van der Waals surface area contributed by atoms with Gasteiger partial charge in [-0.2, -0.15) is 10.2 Å². The first-order chi connectivity index (χ1) is 18.7. The fourth-order valence-corrected chi connectivity index (χ4v) is 3.92. The van der Waals surface area contributed by atoms with E-state index in [0.717, 1.165) is 61.6 Å². The van der Waals surface area contributed by atoms with Gasteiger partial charge in [-0.15, -0.1) is 0 Å². The highest BCUT2D eigenvalue weighted by atomic mass is 16.5. The number of hydrogen-bond acceptors (Lipinski definition) is 6. The van der Waals surface area contributed by atoms with Crippen molar-refractivity contribution in [3.05, 3.63) is 61.2 Å². The normalized spacial score (nSPS) is 11.0. The van der Waals surface area contributed by atoms with E-state index in [4.69, 9.17) is 14.2 Å². The highest BCUT2D eigenvalue weighted by Crippen LogP contribution is 2.23. The molecule has 2 aromatic carbocycles. The van der Waals surface area contributed by atoms with Crippen molar-refractivity contribution in [2.24, 2.45) is 10.2 Å². The second-order valence-corrected chi connectivity index (χ2v) is 9.50. The second kappa shape index (κ2) is 20.9. The average Bonchev–Trinajstić information content (AvgIpc) is 2.95. The molecule has 2 aromatic rings. The molecule has 208 valence electrons. The summed E-state index contributed by atoms with van der Waals surface area (Å²) in [4.78, 5) is 10.9. The molecule has 6 nitrogen and oxygen atoms in total. The quantitative estimate of drug-likeness (QED) is 0.0668. The maximum atomic E-state index is 10.9. The number of rotatable bonds is 22. The molecule has 38 heavy (non-hydrogen) atoms. The summed E-state index contributed by atoms with van der Waals surface area (Å²) in [6.07, 6.45) is 16.5. The fraction of sp³-hybridized carbons (Fsp3) is 0.531. The second-order valence-electron chi connectivity index (χ2n) is 9.50. The van der Waals surface area contributed by atoms with E-state index >= 15 is 0 Å². The third-order valence-corrected chi connectivity index (χ3v) is 6.19. The largest absolute Gasteiger partial charge is 0.494 e. The minimum Gasteiger partial charge on any atom is -0.494 e. The molecular formula is C32H46N2O4. The summed E-state index contributed by atoms with van der Waals surface area (Å²) in [6, 6.07) is 15.5. The summed E-state index contributed by atoms with van der Waals surface area (Å²) in [5.41, 5.74) is 1.59. The van der Waals surface area contributed by atoms with Crippen LogP contribution in [0.25, 0.3) is 0 Å². The topological polar surface area (TPSA) is 69.5 Å². The predicted octanol–water partition coefficient (Wildman–Crippen LogP) is 9.68. The molecule has 0 spiro atoms. The first kappa shape index (κ1) is 31.1. The summed E-state index contributed by atoms with van der Waals surface area (Å²) >= 11 is 0. The molecule has 0 fully saturated rings. The lowest BCUT2D eigenvalue weighted by molar-refractivity contribution is -0.137. The van der Waals surface area contributed by atoms with E-state index in [2.05, 4.69) is 23.7 Å². The molecule has 0 N–H and O–H groups in total. The molecule has 0 amide bonds. The van der Waals surface area contributed by atoms with Gasteiger partial charge in [0.2, 0.25) is 0 Å². The molecule has 0 bridgehead atoms. The Balaban J connectivity index is 1.53. The number of nitrogens with zero attached hydrogens (tertiary/aromatic N) is 2. The van der Waals surface area contributed by atoms with E-state index < -0.39 is 0 Å². The van der Waals surface area contributed by atoms with E-state index in [9.17, 15) is 4.79 Å². The number of unbranched alkanes of at least 4 members (excludes halogenated alkanes) is 11. The lowest BCUT2D eigenvalue weighted by atomic mass is 10.1. The van der Waals surface area contributed by atoms with Gasteiger partial charge in [0, 0.05) is 6.08 Å². The summed E-state index contributed by atoms with van der Waals surface area (Å²) in [5, 5.41) is 8.65. The van der Waals surface area contributed by atoms with E-state index in [1.165, 1.54) is 57.4 Å². The number of ether oxygens (including phenoxy) is 3. The van der Waals surface area contributed by atoms with Crippen molar-refractivity contribution >= 4 is 17.3 Å². The lowest BCUT2D eigenvalue weighted by Gasteiger charge is -2.07. The van der Waals surface area contributed by atoms with Gasteiger partial charge in [-0.3, -0.25) is 0 Å². The highest BCUT2D eigenvalue weighted by Gasteiger charge is 1.99. The summed E-state index contributed by atoms with van der Waals surface area (Å²) in [6.45, 7) is 7.59. The van der Waals surface area contributed by atoms with E-state index in [1.54, 1.807) is 0 Å². The number of benzene rings is 2. The van der Waals surface area contributed by atoms with Gasteiger partial charge in [0.05, 0.1) is 31.2 Å². The molecule has 0 saturated heterocycles. The standard InChI is InChI=1S/C32H46N2O4/c1-3-5-6-7-11-14-25-36-30-21-17-28(18-22-30)33-34-29-19-23-31(24-20-29)37-26-15-12-9-8-10-13-16-27-38-32(35)4-2/h4,17-24H,2-3,5-16,25-27H2,1H3. The maximum absolute atomic E-state index is 10.9. The van der Waals surface area contributed by atoms with Gasteiger partial charge in [0.1, 0.15) is 11.5 Å². The third-order valence-electron chi connectivity index (χ3n) is 6.19. The molecule has 0 aliphatic rings. The van der Waals surface area contributed by atoms with Crippen LogP contribution in [0.3, 0.4) is 0 Å². The Bertz CT molecular complexity index is 910. The number of carbonyl (C=O) groups excluding carboxylic acids is 1. The third kappa shape index (κ3) is 15.2. The monoisotopic (exact) mass is 522 g/mol. The Kier molecular flexibility index (Phi) is 17.1. The molecule has 0 saturated carbocycles. The van der Waals surface area contributed by atoms with Crippen LogP contribution in [-0.4, -0.2) is 25.8 Å². The van der Waals surface area contributed by atoms with Gasteiger partial charge < -0.3 is 14.2 Å². The van der Waals surface area contributed by atoms with Crippen LogP contribution in [0.5, 0.6) is 11.5 Å². The Morgan fingerprint density at radius 1 is 0.632 bits per heavy atom. The molecular weight excluding hydrogens is 476 g/mol. The van der Waals surface area contributed by atoms with Gasteiger partial charge >= 0.3 is 5.97 Å². The number of azo groups is 1. The fourth-order valence-electron chi connectivity index (χ4n) is 3.92. The molecule has 0 unspecified atom stereocenters. The summed E-state index contributed by atoms with van der Waals surface area (Å²) in [7, 11) is 0. The van der Waals surface area contributed by atoms with Gasteiger partial charge in [-0.1, -0.05) is 77.7 Å². The Morgan fingerprint density at radius 2 is 1.03 bits per heavy atom. The smallest absolute Gasteiger partial charge is 0.330 e. The van der Waals surface area contributed by atoms with Crippen LogP contribution in [0.4, 0.5) is 11.4 Å². The average molecular weight is 523 g/mol. The number of hydrogen-bond donors (Lipinski definition) is 0. The maximum Gasteiger partial charge on any atom is 0.330 e. The molecule has 0 atom stereocenters. The molecule has 0 heterocycles. The van der Waals surface area contributed by atoms with Crippen molar-refractivity contribution < 1.29 is 19.0 Å². The van der Waals surface area contributed by atoms with Crippen molar-refractivity contribution in [1.82, 2.24) is 0 Å². The minimum atomic E-state index is -0.338. The first-order valence-electron chi connectivity index (χ1n) is 14.4. The van der Waals surface area contributed by atoms with Gasteiger partial charge in [-0.25, -0.2) is 4.79 Å². The van der Waals surface area contributed by atoms with E-state index in [0.29, 0.717) is 13.2 Å². The van der Waals surface area contributed by atoms with Crippen LogP contribution in [0.2, 0.25) is 0 Å². The zero-order valence-electron chi connectivity index (χ0n) is 23.2. The zero-order valence-corrected chi connectivity index (χ0v) is 23.2. The molecule has 0 aliphatic carbocycles. The van der Waals surface area contributed by atoms with E-state index in [-0.39, 0.29) is 5.97 Å². The number of carbonyl (C=O) groups is 1.